The van der Waals surface area contributed by atoms with Crippen molar-refractivity contribution >= 4 is 0 Å². The number of phenolic OH excluding ortho intramolecular Hbond substituents is 1. The van der Waals surface area contributed by atoms with Gasteiger partial charge in [-0.3, -0.25) is 4.98 Å². The van der Waals surface area contributed by atoms with Gasteiger partial charge in [-0.15, -0.1) is 0 Å². The Morgan fingerprint density at radius 1 is 1.25 bits per heavy atom. The number of nitrogens with zero attached hydrogens (tertiary/aromatic N) is 1. The van der Waals surface area contributed by atoms with Gasteiger partial charge >= 0.3 is 0 Å². The van der Waals surface area contributed by atoms with Gasteiger partial charge in [-0.25, -0.2) is 0 Å². The van der Waals surface area contributed by atoms with Crippen LogP contribution in [0.3, 0.4) is 0 Å². The molecule has 0 aliphatic rings. The number of benzene rings is 1. The molecule has 0 saturated heterocycles. The molecule has 0 unspecified atom stereocenters. The molecule has 0 aliphatic heterocycles. The number of hydrogen-bond acceptors (Lipinski definition) is 4. The van der Waals surface area contributed by atoms with Gasteiger partial charge in [-0.2, -0.15) is 0 Å². The molecule has 1 aromatic heterocycles. The van der Waals surface area contributed by atoms with Gasteiger partial charge in [0.1, 0.15) is 0 Å². The summed E-state index contributed by atoms with van der Waals surface area (Å²) in [5.41, 5.74) is 1.80. The number of rotatable bonds is 6. The Morgan fingerprint density at radius 3 is 2.80 bits per heavy atom. The number of phenols is 1. The zero-order valence-corrected chi connectivity index (χ0v) is 11.8. The summed E-state index contributed by atoms with van der Waals surface area (Å²) >= 11 is 0. The van der Waals surface area contributed by atoms with Crippen molar-refractivity contribution < 1.29 is 9.84 Å². The summed E-state index contributed by atoms with van der Waals surface area (Å²) in [6.07, 6.45) is 1.78. The molecule has 0 aliphatic carbocycles. The maximum absolute atomic E-state index is 10.1. The third kappa shape index (κ3) is 3.48. The van der Waals surface area contributed by atoms with Gasteiger partial charge in [0.2, 0.25) is 0 Å². The monoisotopic (exact) mass is 272 g/mol. The average Bonchev–Trinajstić information content (AvgIpc) is 2.49. The summed E-state index contributed by atoms with van der Waals surface area (Å²) in [4.78, 5) is 4.31. The molecular formula is C16H20N2O2. The first-order valence-corrected chi connectivity index (χ1v) is 6.80. The molecule has 2 rings (SSSR count). The quantitative estimate of drug-likeness (QED) is 0.848. The first-order chi connectivity index (χ1) is 9.72. The van der Waals surface area contributed by atoms with E-state index in [0.717, 1.165) is 11.3 Å². The number of para-hydroxylation sites is 1. The standard InChI is InChI=1S/C16H20N2O2/c1-3-20-15-9-6-7-13(16(15)19)11-18-12(2)14-8-4-5-10-17-14/h4-10,12,18-19H,3,11H2,1-2H3/t12-/m1/s1. The maximum atomic E-state index is 10.1. The summed E-state index contributed by atoms with van der Waals surface area (Å²) in [6.45, 7) is 5.04. The third-order valence-corrected chi connectivity index (χ3v) is 3.11. The van der Waals surface area contributed by atoms with Crippen LogP contribution in [0.4, 0.5) is 0 Å². The zero-order valence-electron chi connectivity index (χ0n) is 11.8. The summed E-state index contributed by atoms with van der Waals surface area (Å²) in [5.74, 6) is 0.729. The van der Waals surface area contributed by atoms with Crippen molar-refractivity contribution in [2.24, 2.45) is 0 Å². The molecule has 4 nitrogen and oxygen atoms in total. The largest absolute Gasteiger partial charge is 0.504 e. The lowest BCUT2D eigenvalue weighted by Crippen LogP contribution is -2.19. The van der Waals surface area contributed by atoms with E-state index in [1.807, 2.05) is 44.2 Å². The molecule has 0 fully saturated rings. The van der Waals surface area contributed by atoms with Crippen LogP contribution < -0.4 is 10.1 Å². The molecule has 0 saturated carbocycles. The molecule has 0 amide bonds. The SMILES string of the molecule is CCOc1cccc(CN[C@H](C)c2ccccn2)c1O. The van der Waals surface area contributed by atoms with Gasteiger partial charge in [-0.1, -0.05) is 18.2 Å². The molecule has 0 spiro atoms. The fourth-order valence-electron chi connectivity index (χ4n) is 1.98. The van der Waals surface area contributed by atoms with Crippen molar-refractivity contribution in [2.75, 3.05) is 6.61 Å². The Kier molecular flexibility index (Phi) is 4.96. The normalized spacial score (nSPS) is 12.1. The predicted molar refractivity (Wildman–Crippen MR) is 78.8 cm³/mol. The Balaban J connectivity index is 2.02. The molecule has 2 aromatic rings. The van der Waals surface area contributed by atoms with Crippen LogP contribution in [0.25, 0.3) is 0 Å². The van der Waals surface area contributed by atoms with E-state index in [-0.39, 0.29) is 11.8 Å². The fourth-order valence-corrected chi connectivity index (χ4v) is 1.98. The minimum Gasteiger partial charge on any atom is -0.504 e. The van der Waals surface area contributed by atoms with Crippen molar-refractivity contribution in [1.29, 1.82) is 0 Å². The van der Waals surface area contributed by atoms with Crippen LogP contribution >= 0.6 is 0 Å². The summed E-state index contributed by atoms with van der Waals surface area (Å²) in [6, 6.07) is 11.5. The molecule has 0 bridgehead atoms. The highest BCUT2D eigenvalue weighted by molar-refractivity contribution is 5.45. The highest BCUT2D eigenvalue weighted by Gasteiger charge is 2.10. The second-order valence-corrected chi connectivity index (χ2v) is 4.55. The third-order valence-electron chi connectivity index (χ3n) is 3.11. The molecule has 106 valence electrons. The smallest absolute Gasteiger partial charge is 0.162 e. The topological polar surface area (TPSA) is 54.4 Å². The minimum absolute atomic E-state index is 0.117. The second kappa shape index (κ2) is 6.91. The lowest BCUT2D eigenvalue weighted by atomic mass is 10.1. The van der Waals surface area contributed by atoms with Gasteiger partial charge in [0, 0.05) is 24.3 Å². The molecule has 1 atom stereocenters. The first kappa shape index (κ1) is 14.3. The van der Waals surface area contributed by atoms with E-state index in [2.05, 4.69) is 10.3 Å². The summed E-state index contributed by atoms with van der Waals surface area (Å²) in [7, 11) is 0. The van der Waals surface area contributed by atoms with E-state index in [0.29, 0.717) is 18.9 Å². The van der Waals surface area contributed by atoms with Crippen molar-refractivity contribution in [3.05, 3.63) is 53.9 Å². The molecule has 0 radical (unpaired) electrons. The van der Waals surface area contributed by atoms with Crippen molar-refractivity contribution in [1.82, 2.24) is 10.3 Å². The van der Waals surface area contributed by atoms with Crippen LogP contribution in [0.2, 0.25) is 0 Å². The van der Waals surface area contributed by atoms with Crippen molar-refractivity contribution in [3.63, 3.8) is 0 Å². The van der Waals surface area contributed by atoms with Gasteiger partial charge < -0.3 is 15.2 Å². The van der Waals surface area contributed by atoms with Gasteiger partial charge in [-0.05, 0) is 32.0 Å². The van der Waals surface area contributed by atoms with E-state index in [9.17, 15) is 5.11 Å². The number of aromatic hydroxyl groups is 1. The van der Waals surface area contributed by atoms with Crippen LogP contribution in [0.15, 0.2) is 42.6 Å². The van der Waals surface area contributed by atoms with Crippen LogP contribution in [-0.4, -0.2) is 16.7 Å². The van der Waals surface area contributed by atoms with E-state index < -0.39 is 0 Å². The number of hydrogen-bond donors (Lipinski definition) is 2. The molecule has 4 heteroatoms. The van der Waals surface area contributed by atoms with Crippen LogP contribution in [0, 0.1) is 0 Å². The Bertz CT molecular complexity index is 543. The number of nitrogens with one attached hydrogen (secondary N) is 1. The lowest BCUT2D eigenvalue weighted by molar-refractivity contribution is 0.316. The van der Waals surface area contributed by atoms with Crippen molar-refractivity contribution in [2.45, 2.75) is 26.4 Å². The second-order valence-electron chi connectivity index (χ2n) is 4.55. The number of pyridine rings is 1. The summed E-state index contributed by atoms with van der Waals surface area (Å²) in [5, 5.41) is 13.5. The molecule has 1 aromatic carbocycles. The Labute approximate surface area is 119 Å². The molecule has 1 heterocycles. The first-order valence-electron chi connectivity index (χ1n) is 6.80. The lowest BCUT2D eigenvalue weighted by Gasteiger charge is -2.15. The predicted octanol–water partition coefficient (Wildman–Crippen LogP) is 3.04. The Morgan fingerprint density at radius 2 is 2.10 bits per heavy atom. The number of ether oxygens (including phenoxy) is 1. The molecule has 2 N–H and O–H groups in total. The van der Waals surface area contributed by atoms with Crippen LogP contribution in [0.5, 0.6) is 11.5 Å². The molecular weight excluding hydrogens is 252 g/mol. The highest BCUT2D eigenvalue weighted by Crippen LogP contribution is 2.29. The zero-order chi connectivity index (χ0) is 14.4. The van der Waals surface area contributed by atoms with Gasteiger partial charge in [0.15, 0.2) is 11.5 Å². The summed E-state index contributed by atoms with van der Waals surface area (Å²) < 4.78 is 5.38. The van der Waals surface area contributed by atoms with Gasteiger partial charge in [0.05, 0.1) is 12.3 Å². The van der Waals surface area contributed by atoms with E-state index >= 15 is 0 Å². The minimum atomic E-state index is 0.117. The Hall–Kier alpha value is -2.07. The van der Waals surface area contributed by atoms with Crippen LogP contribution in [-0.2, 0) is 6.54 Å². The molecule has 20 heavy (non-hydrogen) atoms. The van der Waals surface area contributed by atoms with E-state index in [1.54, 1.807) is 12.3 Å². The maximum Gasteiger partial charge on any atom is 0.162 e. The van der Waals surface area contributed by atoms with Gasteiger partial charge in [0.25, 0.3) is 0 Å². The van der Waals surface area contributed by atoms with E-state index in [4.69, 9.17) is 4.74 Å². The number of aromatic nitrogens is 1. The highest BCUT2D eigenvalue weighted by atomic mass is 16.5. The fraction of sp³-hybridized carbons (Fsp3) is 0.312. The van der Waals surface area contributed by atoms with Crippen LogP contribution in [0.1, 0.15) is 31.1 Å². The van der Waals surface area contributed by atoms with Crippen molar-refractivity contribution in [3.8, 4) is 11.5 Å². The van der Waals surface area contributed by atoms with E-state index in [1.165, 1.54) is 0 Å². The average molecular weight is 272 g/mol.